The molecule has 0 radical (unpaired) electrons. The van der Waals surface area contributed by atoms with Gasteiger partial charge in [0.1, 0.15) is 22.6 Å². The Kier molecular flexibility index (Phi) is 8.79. The van der Waals surface area contributed by atoms with Crippen LogP contribution < -0.4 is 0 Å². The fourth-order valence-electron chi connectivity index (χ4n) is 8.90. The minimum Gasteiger partial charge on any atom is -0.324 e. The van der Waals surface area contributed by atoms with E-state index in [-0.39, 0.29) is 41.1 Å². The number of nitrogens with zero attached hydrogens (tertiary/aromatic N) is 6. The first-order valence-corrected chi connectivity index (χ1v) is 19.7. The van der Waals surface area contributed by atoms with E-state index in [9.17, 15) is 0 Å². The third-order valence-electron chi connectivity index (χ3n) is 11.0. The molecular formula is C48H50N8Zn. The van der Waals surface area contributed by atoms with Crippen molar-refractivity contribution in [3.8, 4) is 45.6 Å². The van der Waals surface area contributed by atoms with Crippen LogP contribution in [0, 0.1) is 0 Å². The molecule has 7 aromatic rings. The molecule has 8 nitrogen and oxygen atoms in total. The van der Waals surface area contributed by atoms with Crippen LogP contribution in [0.25, 0.3) is 89.7 Å². The number of aromatic amines is 2. The van der Waals surface area contributed by atoms with Crippen LogP contribution >= 0.6 is 0 Å². The van der Waals surface area contributed by atoms with Crippen molar-refractivity contribution in [3.63, 3.8) is 0 Å². The smallest absolute Gasteiger partial charge is 0.164 e. The van der Waals surface area contributed by atoms with Crippen LogP contribution in [0.15, 0.2) is 72.8 Å². The fourth-order valence-corrected chi connectivity index (χ4v) is 8.90. The van der Waals surface area contributed by atoms with E-state index in [4.69, 9.17) is 29.9 Å². The van der Waals surface area contributed by atoms with E-state index in [1.54, 1.807) is 0 Å². The van der Waals surface area contributed by atoms with Gasteiger partial charge in [-0.2, -0.15) is 0 Å². The van der Waals surface area contributed by atoms with Gasteiger partial charge in [-0.3, -0.25) is 0 Å². The molecule has 0 aliphatic carbocycles. The summed E-state index contributed by atoms with van der Waals surface area (Å²) in [5, 5.41) is 4.06. The van der Waals surface area contributed by atoms with Crippen molar-refractivity contribution in [2.45, 2.75) is 105 Å². The van der Waals surface area contributed by atoms with Crippen molar-refractivity contribution in [2.75, 3.05) is 0 Å². The molecule has 2 aliphatic heterocycles. The van der Waals surface area contributed by atoms with Gasteiger partial charge in [-0.1, -0.05) is 156 Å². The van der Waals surface area contributed by atoms with Gasteiger partial charge in [0, 0.05) is 63.3 Å². The molecule has 2 aliphatic rings. The normalized spacial score (nSPS) is 13.1. The summed E-state index contributed by atoms with van der Waals surface area (Å²) >= 11 is 0. The first-order chi connectivity index (χ1) is 26.3. The maximum absolute atomic E-state index is 5.53. The third kappa shape index (κ3) is 6.21. The van der Waals surface area contributed by atoms with Crippen LogP contribution in [-0.4, -0.2) is 39.9 Å². The Hall–Kier alpha value is -5.14. The number of hydrogen-bond donors (Lipinski definition) is 2. The Bertz CT molecular complexity index is 2760. The summed E-state index contributed by atoms with van der Waals surface area (Å²) in [5.41, 5.74) is 10.9. The second-order valence-electron chi connectivity index (χ2n) is 19.5. The van der Waals surface area contributed by atoms with Crippen molar-refractivity contribution in [3.05, 3.63) is 95.1 Å². The van der Waals surface area contributed by atoms with Crippen molar-refractivity contribution in [2.24, 2.45) is 0 Å². The monoisotopic (exact) mass is 802 g/mol. The predicted octanol–water partition coefficient (Wildman–Crippen LogP) is 12.1. The summed E-state index contributed by atoms with van der Waals surface area (Å²) in [6.45, 7) is 28.0. The van der Waals surface area contributed by atoms with Gasteiger partial charge in [0.05, 0.1) is 0 Å². The molecule has 57 heavy (non-hydrogen) atoms. The maximum Gasteiger partial charge on any atom is 0.164 e. The first-order valence-electron chi connectivity index (χ1n) is 19.7. The van der Waals surface area contributed by atoms with Crippen molar-refractivity contribution < 1.29 is 19.5 Å². The van der Waals surface area contributed by atoms with Gasteiger partial charge in [0.15, 0.2) is 23.3 Å². The predicted molar refractivity (Wildman–Crippen MR) is 231 cm³/mol. The SMILES string of the molecule is CC(C)(C)c1c(C(C)(C)C)c(C(C)(C)C)c2c3nc4nc(nc5[nH]c(nc6nc(nc([nH]3)c2c1C(C)(C)C)-c1ccccc1-6)c1ccccc51)-c1ccccc1-4.[Zn]. The van der Waals surface area contributed by atoms with Gasteiger partial charge in [-0.15, -0.1) is 0 Å². The molecule has 0 amide bonds. The quantitative estimate of drug-likeness (QED) is 0.148. The molecule has 9 heteroatoms. The van der Waals surface area contributed by atoms with E-state index in [1.807, 2.05) is 36.4 Å². The molecule has 0 spiro atoms. The van der Waals surface area contributed by atoms with Crippen LogP contribution in [-0.2, 0) is 41.1 Å². The van der Waals surface area contributed by atoms with Gasteiger partial charge < -0.3 is 9.97 Å². The van der Waals surface area contributed by atoms with E-state index in [1.165, 1.54) is 22.3 Å². The molecule has 9 rings (SSSR count). The summed E-state index contributed by atoms with van der Waals surface area (Å²) in [4.78, 5) is 39.2. The van der Waals surface area contributed by atoms with Gasteiger partial charge in [-0.05, 0) is 43.9 Å². The van der Waals surface area contributed by atoms with Crippen LogP contribution in [0.4, 0.5) is 0 Å². The number of rotatable bonds is 0. The largest absolute Gasteiger partial charge is 0.324 e. The van der Waals surface area contributed by atoms with Crippen LogP contribution in [0.5, 0.6) is 0 Å². The Labute approximate surface area is 347 Å². The zero-order valence-electron chi connectivity index (χ0n) is 35.3. The number of fused-ring (bicyclic) bond motifs is 20. The summed E-state index contributed by atoms with van der Waals surface area (Å²) in [5.74, 6) is 2.41. The fraction of sp³-hybridized carbons (Fsp3) is 0.333. The van der Waals surface area contributed by atoms with E-state index in [2.05, 4.69) is 129 Å². The topological polar surface area (TPSA) is 109 Å². The van der Waals surface area contributed by atoms with Gasteiger partial charge in [-0.25, -0.2) is 29.9 Å². The van der Waals surface area contributed by atoms with Crippen molar-refractivity contribution >= 4 is 44.1 Å². The zero-order valence-corrected chi connectivity index (χ0v) is 38.3. The molecule has 0 unspecified atom stereocenters. The Balaban J connectivity index is 0.00000455. The molecule has 8 bridgehead atoms. The number of hydrogen-bond acceptors (Lipinski definition) is 6. The molecule has 0 atom stereocenters. The van der Waals surface area contributed by atoms with E-state index in [0.29, 0.717) is 34.6 Å². The summed E-state index contributed by atoms with van der Waals surface area (Å²) in [6.07, 6.45) is 0. The van der Waals surface area contributed by atoms with Gasteiger partial charge in [0.2, 0.25) is 0 Å². The molecule has 3 aromatic heterocycles. The second-order valence-corrected chi connectivity index (χ2v) is 19.5. The standard InChI is InChI=1S/C48H50N8.Zn/c1-45(2,3)33-31-32(34(46(4,5)6)36(48(10,11)12)35(33)47(7,8)9)44-55-42-30-24-18-16-22-28(30)40(53-42)51-38-26-20-14-13-19-25(26)37(49-38)50-39-27-21-15-17-23-29(27)41(52-39)54-43(31)56-44;/h13-24H,1-12H3,(H2,49,50,51,52,53,54,55,56);. The average molecular weight is 804 g/mol. The molecule has 2 N–H and O–H groups in total. The minimum absolute atomic E-state index is 0. The third-order valence-corrected chi connectivity index (χ3v) is 11.0. The van der Waals surface area contributed by atoms with Crippen LogP contribution in [0.1, 0.15) is 105 Å². The molecule has 0 fully saturated rings. The average Bonchev–Trinajstić information content (AvgIpc) is 3.84. The number of aromatic nitrogens is 8. The Morgan fingerprint density at radius 1 is 0.333 bits per heavy atom. The summed E-state index contributed by atoms with van der Waals surface area (Å²) in [6, 6.07) is 24.6. The number of H-pyrrole nitrogens is 2. The zero-order chi connectivity index (χ0) is 39.7. The molecule has 0 saturated carbocycles. The summed E-state index contributed by atoms with van der Waals surface area (Å²) in [7, 11) is 0. The second kappa shape index (κ2) is 12.9. The van der Waals surface area contributed by atoms with E-state index >= 15 is 0 Å². The minimum atomic E-state index is -0.259. The number of benzene rings is 4. The Morgan fingerprint density at radius 2 is 0.596 bits per heavy atom. The van der Waals surface area contributed by atoms with E-state index in [0.717, 1.165) is 55.1 Å². The molecule has 0 saturated heterocycles. The van der Waals surface area contributed by atoms with Crippen LogP contribution in [0.2, 0.25) is 0 Å². The van der Waals surface area contributed by atoms with Gasteiger partial charge in [0.25, 0.3) is 0 Å². The summed E-state index contributed by atoms with van der Waals surface area (Å²) < 4.78 is 0. The van der Waals surface area contributed by atoms with Gasteiger partial charge >= 0.3 is 0 Å². The maximum atomic E-state index is 5.53. The molecule has 284 valence electrons. The number of nitrogens with one attached hydrogen (secondary N) is 2. The van der Waals surface area contributed by atoms with Crippen molar-refractivity contribution in [1.29, 1.82) is 0 Å². The molecular weight excluding hydrogens is 754 g/mol. The van der Waals surface area contributed by atoms with E-state index < -0.39 is 0 Å². The van der Waals surface area contributed by atoms with Crippen molar-refractivity contribution in [1.82, 2.24) is 39.9 Å². The Morgan fingerprint density at radius 3 is 0.895 bits per heavy atom. The molecule has 4 aromatic carbocycles. The molecule has 5 heterocycles. The first kappa shape index (κ1) is 38.7. The van der Waals surface area contributed by atoms with Crippen LogP contribution in [0.3, 0.4) is 0 Å².